The van der Waals surface area contributed by atoms with Gasteiger partial charge in [-0.2, -0.15) is 0 Å². The zero-order valence-corrected chi connectivity index (χ0v) is 13.3. The molecule has 0 unspecified atom stereocenters. The second kappa shape index (κ2) is 7.54. The maximum Gasteiger partial charge on any atom is 0.293 e. The van der Waals surface area contributed by atoms with Crippen molar-refractivity contribution in [2.75, 3.05) is 5.32 Å². The molecule has 2 aromatic rings. The van der Waals surface area contributed by atoms with Gasteiger partial charge in [-0.3, -0.25) is 14.9 Å². The van der Waals surface area contributed by atoms with Crippen LogP contribution >= 0.6 is 0 Å². The number of rotatable bonds is 7. The van der Waals surface area contributed by atoms with Crippen LogP contribution in [0, 0.1) is 10.1 Å². The second-order valence-corrected chi connectivity index (χ2v) is 5.44. The fourth-order valence-corrected chi connectivity index (χ4v) is 2.51. The normalized spacial score (nSPS) is 11.7. The van der Waals surface area contributed by atoms with E-state index in [-0.39, 0.29) is 17.5 Å². The molecule has 0 aromatic heterocycles. The van der Waals surface area contributed by atoms with E-state index < -0.39 is 4.92 Å². The van der Waals surface area contributed by atoms with Gasteiger partial charge in [-0.1, -0.05) is 43.7 Å². The molecule has 5 heteroatoms. The third kappa shape index (κ3) is 4.16. The first-order valence-corrected chi connectivity index (χ1v) is 7.63. The van der Waals surface area contributed by atoms with Crippen molar-refractivity contribution < 1.29 is 9.72 Å². The number of nitro benzene ring substituents is 1. The minimum atomic E-state index is -0.456. The summed E-state index contributed by atoms with van der Waals surface area (Å²) in [5.41, 5.74) is 1.78. The van der Waals surface area contributed by atoms with Gasteiger partial charge in [-0.25, -0.2) is 0 Å². The molecule has 0 aliphatic carbocycles. The Labute approximate surface area is 135 Å². The molecule has 1 atom stereocenters. The van der Waals surface area contributed by atoms with E-state index in [4.69, 9.17) is 0 Å². The first-order chi connectivity index (χ1) is 11.0. The number of benzene rings is 2. The highest BCUT2D eigenvalue weighted by Gasteiger charge is 2.19. The topological polar surface area (TPSA) is 72.2 Å². The predicted molar refractivity (Wildman–Crippen MR) is 90.8 cm³/mol. The maximum atomic E-state index is 11.4. The van der Waals surface area contributed by atoms with Gasteiger partial charge in [0.25, 0.3) is 5.69 Å². The summed E-state index contributed by atoms with van der Waals surface area (Å²) >= 11 is 0. The molecule has 120 valence electrons. The van der Waals surface area contributed by atoms with Gasteiger partial charge in [0.05, 0.1) is 11.0 Å². The van der Waals surface area contributed by atoms with Crippen molar-refractivity contribution >= 4 is 17.2 Å². The highest BCUT2D eigenvalue weighted by molar-refractivity contribution is 5.95. The highest BCUT2D eigenvalue weighted by Crippen LogP contribution is 2.31. The molecule has 1 N–H and O–H groups in total. The third-order valence-corrected chi connectivity index (χ3v) is 3.71. The number of nitrogens with zero attached hydrogens (tertiary/aromatic N) is 1. The zero-order valence-electron chi connectivity index (χ0n) is 13.3. The summed E-state index contributed by atoms with van der Waals surface area (Å²) in [6.07, 6.45) is 1.81. The lowest BCUT2D eigenvalue weighted by Gasteiger charge is -2.20. The molecule has 0 aliphatic heterocycles. The minimum Gasteiger partial charge on any atom is -0.373 e. The number of nitrogens with one attached hydrogen (secondary N) is 1. The lowest BCUT2D eigenvalue weighted by Crippen LogP contribution is -2.12. The predicted octanol–water partition coefficient (Wildman–Crippen LogP) is 4.75. The fourth-order valence-electron chi connectivity index (χ4n) is 2.51. The van der Waals surface area contributed by atoms with Crippen LogP contribution in [0.2, 0.25) is 0 Å². The summed E-state index contributed by atoms with van der Waals surface area (Å²) in [5, 5.41) is 14.6. The van der Waals surface area contributed by atoms with E-state index in [0.29, 0.717) is 11.3 Å². The van der Waals surface area contributed by atoms with Crippen molar-refractivity contribution in [3.8, 4) is 0 Å². The van der Waals surface area contributed by atoms with Gasteiger partial charge in [0, 0.05) is 11.6 Å². The summed E-state index contributed by atoms with van der Waals surface area (Å²) in [5.74, 6) is -0.187. The summed E-state index contributed by atoms with van der Waals surface area (Å²) in [7, 11) is 0. The van der Waals surface area contributed by atoms with Crippen molar-refractivity contribution in [3.05, 3.63) is 69.8 Å². The molecule has 5 nitrogen and oxygen atoms in total. The molecule has 23 heavy (non-hydrogen) atoms. The smallest absolute Gasteiger partial charge is 0.293 e. The summed E-state index contributed by atoms with van der Waals surface area (Å²) in [6.45, 7) is 3.47. The number of carbonyl (C=O) groups excluding carboxylic acids is 1. The largest absolute Gasteiger partial charge is 0.373 e. The van der Waals surface area contributed by atoms with E-state index in [9.17, 15) is 14.9 Å². The van der Waals surface area contributed by atoms with Crippen LogP contribution in [0.25, 0.3) is 0 Å². The second-order valence-electron chi connectivity index (χ2n) is 5.44. The number of anilines is 1. The lowest BCUT2D eigenvalue weighted by molar-refractivity contribution is -0.384. The zero-order chi connectivity index (χ0) is 16.8. The Morgan fingerprint density at radius 3 is 2.48 bits per heavy atom. The first kappa shape index (κ1) is 16.7. The van der Waals surface area contributed by atoms with Crippen molar-refractivity contribution in [1.82, 2.24) is 0 Å². The number of nitro groups is 1. The van der Waals surface area contributed by atoms with Gasteiger partial charge in [0.1, 0.15) is 5.69 Å². The number of carbonyl (C=O) groups is 1. The van der Waals surface area contributed by atoms with Crippen LogP contribution in [0.3, 0.4) is 0 Å². The van der Waals surface area contributed by atoms with E-state index in [1.165, 1.54) is 13.0 Å². The van der Waals surface area contributed by atoms with Gasteiger partial charge >= 0.3 is 0 Å². The molecule has 0 saturated carbocycles. The van der Waals surface area contributed by atoms with Crippen molar-refractivity contribution in [1.29, 1.82) is 0 Å². The average molecular weight is 312 g/mol. The van der Waals surface area contributed by atoms with Crippen LogP contribution in [-0.2, 0) is 0 Å². The number of Topliss-reactive ketones (excluding diaryl/α,β-unsaturated/α-hetero) is 1. The van der Waals surface area contributed by atoms with Crippen LogP contribution in [0.15, 0.2) is 48.5 Å². The van der Waals surface area contributed by atoms with E-state index in [1.807, 2.05) is 30.3 Å². The maximum absolute atomic E-state index is 11.4. The molecular weight excluding hydrogens is 292 g/mol. The van der Waals surface area contributed by atoms with Crippen LogP contribution < -0.4 is 5.32 Å². The van der Waals surface area contributed by atoms with Gasteiger partial charge in [-0.15, -0.1) is 0 Å². The Hall–Kier alpha value is -2.69. The molecule has 0 bridgehead atoms. The van der Waals surface area contributed by atoms with E-state index in [1.54, 1.807) is 12.1 Å². The van der Waals surface area contributed by atoms with Crippen LogP contribution in [-0.4, -0.2) is 10.7 Å². The number of hydrogen-bond donors (Lipinski definition) is 1. The summed E-state index contributed by atoms with van der Waals surface area (Å²) < 4.78 is 0. The van der Waals surface area contributed by atoms with Crippen LogP contribution in [0.1, 0.15) is 48.7 Å². The number of ketones is 1. The van der Waals surface area contributed by atoms with Gasteiger partial charge in [-0.05, 0) is 31.0 Å². The van der Waals surface area contributed by atoms with Crippen LogP contribution in [0.5, 0.6) is 0 Å². The Balaban J connectivity index is 2.36. The highest BCUT2D eigenvalue weighted by atomic mass is 16.6. The molecule has 2 rings (SSSR count). The van der Waals surface area contributed by atoms with Gasteiger partial charge in [0.15, 0.2) is 5.78 Å². The SMILES string of the molecule is CCC[C@H](Nc1ccc(C(C)=O)cc1[N+](=O)[O-])c1ccccc1. The molecule has 0 heterocycles. The van der Waals surface area contributed by atoms with E-state index in [2.05, 4.69) is 12.2 Å². The standard InChI is InChI=1S/C18H20N2O3/c1-3-7-16(14-8-5-4-6-9-14)19-17-11-10-15(13(2)21)12-18(17)20(22)23/h4-6,8-12,16,19H,3,7H2,1-2H3/t16-/m0/s1. The Morgan fingerprint density at radius 2 is 1.91 bits per heavy atom. The monoisotopic (exact) mass is 312 g/mol. The quantitative estimate of drug-likeness (QED) is 0.455. The minimum absolute atomic E-state index is 0.0110. The molecule has 0 saturated heterocycles. The Bertz CT molecular complexity index is 699. The molecular formula is C18H20N2O3. The van der Waals surface area contributed by atoms with Crippen molar-refractivity contribution in [2.24, 2.45) is 0 Å². The average Bonchev–Trinajstić information content (AvgIpc) is 2.55. The molecule has 0 spiro atoms. The van der Waals surface area contributed by atoms with Crippen molar-refractivity contribution in [3.63, 3.8) is 0 Å². The number of hydrogen-bond acceptors (Lipinski definition) is 4. The van der Waals surface area contributed by atoms with Gasteiger partial charge in [0.2, 0.25) is 0 Å². The van der Waals surface area contributed by atoms with E-state index >= 15 is 0 Å². The molecule has 0 fully saturated rings. The van der Waals surface area contributed by atoms with Crippen LogP contribution in [0.4, 0.5) is 11.4 Å². The molecule has 0 amide bonds. The molecule has 0 aliphatic rings. The van der Waals surface area contributed by atoms with Gasteiger partial charge < -0.3 is 5.32 Å². The summed E-state index contributed by atoms with van der Waals surface area (Å²) in [6, 6.07) is 14.4. The molecule has 0 radical (unpaired) electrons. The third-order valence-electron chi connectivity index (χ3n) is 3.71. The first-order valence-electron chi connectivity index (χ1n) is 7.63. The Kier molecular flexibility index (Phi) is 5.46. The fraction of sp³-hybridized carbons (Fsp3) is 0.278. The Morgan fingerprint density at radius 1 is 1.22 bits per heavy atom. The molecule has 2 aromatic carbocycles. The summed E-state index contributed by atoms with van der Waals surface area (Å²) in [4.78, 5) is 22.3. The van der Waals surface area contributed by atoms with Crippen molar-refractivity contribution in [2.45, 2.75) is 32.7 Å². The lowest BCUT2D eigenvalue weighted by atomic mass is 10.0. The van der Waals surface area contributed by atoms with E-state index in [0.717, 1.165) is 18.4 Å².